The zero-order valence-electron chi connectivity index (χ0n) is 9.23. The van der Waals surface area contributed by atoms with Gasteiger partial charge in [0.2, 0.25) is 0 Å². The van der Waals surface area contributed by atoms with Gasteiger partial charge in [0.05, 0.1) is 6.67 Å². The molecule has 0 amide bonds. The van der Waals surface area contributed by atoms with Crippen LogP contribution in [0.1, 0.15) is 18.5 Å². The number of halogens is 1. The van der Waals surface area contributed by atoms with Crippen molar-refractivity contribution in [2.75, 3.05) is 20.3 Å². The van der Waals surface area contributed by atoms with Gasteiger partial charge in [-0.3, -0.25) is 14.3 Å². The lowest BCUT2D eigenvalue weighted by molar-refractivity contribution is 0.236. The third-order valence-corrected chi connectivity index (χ3v) is 3.39. The Balaban J connectivity index is 2.27. The number of rotatable bonds is 2. The maximum atomic E-state index is 13.0. The van der Waals surface area contributed by atoms with E-state index >= 15 is 0 Å². The molecule has 3 heteroatoms. The lowest BCUT2D eigenvalue weighted by Crippen LogP contribution is -2.22. The number of pyridine rings is 1. The molecular formula is C12H17FN2. The molecule has 2 unspecified atom stereocenters. The minimum atomic E-state index is -0.245. The first-order chi connectivity index (χ1) is 7.24. The maximum absolute atomic E-state index is 13.0. The highest BCUT2D eigenvalue weighted by atomic mass is 19.1. The number of nitrogens with zero attached hydrogens (tertiary/aromatic N) is 2. The summed E-state index contributed by atoms with van der Waals surface area (Å²) in [6.45, 7) is 2.84. The number of hydrogen-bond acceptors (Lipinski definition) is 2. The van der Waals surface area contributed by atoms with Gasteiger partial charge in [0, 0.05) is 30.9 Å². The van der Waals surface area contributed by atoms with Crippen molar-refractivity contribution >= 4 is 0 Å². The van der Waals surface area contributed by atoms with Crippen molar-refractivity contribution in [3.05, 3.63) is 30.1 Å². The van der Waals surface area contributed by atoms with Gasteiger partial charge < -0.3 is 0 Å². The molecular weight excluding hydrogens is 191 g/mol. The normalized spacial score (nSPS) is 32.1. The zero-order valence-corrected chi connectivity index (χ0v) is 9.23. The Labute approximate surface area is 90.1 Å². The minimum absolute atomic E-state index is 0.110. The Bertz CT molecular complexity index is 315. The maximum Gasteiger partial charge on any atom is 0.0943 e. The summed E-state index contributed by atoms with van der Waals surface area (Å²) in [4.78, 5) is 6.34. The number of aromatic nitrogens is 1. The van der Waals surface area contributed by atoms with E-state index in [1.807, 2.05) is 18.3 Å². The smallest absolute Gasteiger partial charge is 0.0943 e. The highest BCUT2D eigenvalue weighted by molar-refractivity contribution is 5.17. The topological polar surface area (TPSA) is 16.1 Å². The highest BCUT2D eigenvalue weighted by Gasteiger charge is 2.38. The van der Waals surface area contributed by atoms with Gasteiger partial charge in [-0.15, -0.1) is 0 Å². The largest absolute Gasteiger partial charge is 0.299 e. The van der Waals surface area contributed by atoms with Crippen molar-refractivity contribution in [3.8, 4) is 0 Å². The van der Waals surface area contributed by atoms with Crippen LogP contribution in [0.2, 0.25) is 0 Å². The molecule has 1 aliphatic heterocycles. The molecule has 3 atom stereocenters. The predicted molar refractivity (Wildman–Crippen MR) is 58.2 cm³/mol. The van der Waals surface area contributed by atoms with Gasteiger partial charge >= 0.3 is 0 Å². The molecule has 1 aromatic heterocycles. The molecule has 1 aliphatic rings. The first-order valence-corrected chi connectivity index (χ1v) is 5.40. The number of alkyl halides is 1. The average Bonchev–Trinajstić information content (AvgIpc) is 2.54. The predicted octanol–water partition coefficient (Wildman–Crippen LogP) is 2.29. The van der Waals surface area contributed by atoms with Gasteiger partial charge in [0.1, 0.15) is 0 Å². The SMILES string of the molecule is CC1CN(C)[C@H](c2cccnc2)C1CF. The van der Waals surface area contributed by atoms with E-state index in [1.54, 1.807) is 6.20 Å². The molecule has 1 aromatic rings. The van der Waals surface area contributed by atoms with Crippen LogP contribution in [0.5, 0.6) is 0 Å². The van der Waals surface area contributed by atoms with Crippen molar-refractivity contribution < 1.29 is 4.39 Å². The van der Waals surface area contributed by atoms with E-state index in [1.165, 1.54) is 0 Å². The number of likely N-dealkylation sites (tertiary alicyclic amines) is 1. The van der Waals surface area contributed by atoms with Crippen LogP contribution >= 0.6 is 0 Å². The van der Waals surface area contributed by atoms with Crippen LogP contribution in [0, 0.1) is 11.8 Å². The Morgan fingerprint density at radius 3 is 3.00 bits per heavy atom. The molecule has 0 N–H and O–H groups in total. The third-order valence-electron chi connectivity index (χ3n) is 3.39. The Morgan fingerprint density at radius 2 is 2.40 bits per heavy atom. The molecule has 2 rings (SSSR count). The fraction of sp³-hybridized carbons (Fsp3) is 0.583. The van der Waals surface area contributed by atoms with Crippen LogP contribution in [-0.4, -0.2) is 30.2 Å². The first kappa shape index (κ1) is 10.6. The third kappa shape index (κ3) is 1.88. The van der Waals surface area contributed by atoms with Crippen LogP contribution < -0.4 is 0 Å². The van der Waals surface area contributed by atoms with Gasteiger partial charge in [0.15, 0.2) is 0 Å². The van der Waals surface area contributed by atoms with Crippen LogP contribution in [0.3, 0.4) is 0 Å². The molecule has 0 radical (unpaired) electrons. The molecule has 2 nitrogen and oxygen atoms in total. The molecule has 0 aromatic carbocycles. The standard InChI is InChI=1S/C12H17FN2/c1-9-8-15(2)12(11(9)6-13)10-4-3-5-14-7-10/h3-5,7,9,11-12H,6,8H2,1-2H3/t9?,11?,12-/m1/s1. The van der Waals surface area contributed by atoms with Crippen LogP contribution in [0.15, 0.2) is 24.5 Å². The van der Waals surface area contributed by atoms with Crippen molar-refractivity contribution in [2.45, 2.75) is 13.0 Å². The minimum Gasteiger partial charge on any atom is -0.299 e. The van der Waals surface area contributed by atoms with E-state index in [4.69, 9.17) is 0 Å². The molecule has 0 bridgehead atoms. The summed E-state index contributed by atoms with van der Waals surface area (Å²) in [6, 6.07) is 4.15. The molecule has 2 heterocycles. The molecule has 0 aliphatic carbocycles. The van der Waals surface area contributed by atoms with Crippen LogP contribution in [0.4, 0.5) is 4.39 Å². The Kier molecular flexibility index (Phi) is 3.00. The molecule has 0 spiro atoms. The fourth-order valence-corrected chi connectivity index (χ4v) is 2.63. The van der Waals surface area contributed by atoms with E-state index < -0.39 is 0 Å². The molecule has 1 saturated heterocycles. The Hall–Kier alpha value is -0.960. The summed E-state index contributed by atoms with van der Waals surface area (Å²) in [5, 5.41) is 0. The van der Waals surface area contributed by atoms with E-state index in [2.05, 4.69) is 23.9 Å². The highest BCUT2D eigenvalue weighted by Crippen LogP contribution is 2.39. The summed E-state index contributed by atoms with van der Waals surface area (Å²) in [5.41, 5.74) is 1.13. The Morgan fingerprint density at radius 1 is 1.60 bits per heavy atom. The summed E-state index contributed by atoms with van der Waals surface area (Å²) < 4.78 is 13.0. The van der Waals surface area contributed by atoms with Crippen molar-refractivity contribution in [2.24, 2.45) is 11.8 Å². The van der Waals surface area contributed by atoms with Crippen LogP contribution in [-0.2, 0) is 0 Å². The molecule has 1 fully saturated rings. The second-order valence-corrected chi connectivity index (χ2v) is 4.47. The van der Waals surface area contributed by atoms with Gasteiger partial charge in [-0.05, 0) is 24.6 Å². The summed E-state index contributed by atoms with van der Waals surface area (Å²) in [7, 11) is 2.06. The van der Waals surface area contributed by atoms with Crippen molar-refractivity contribution in [1.82, 2.24) is 9.88 Å². The van der Waals surface area contributed by atoms with E-state index in [9.17, 15) is 4.39 Å². The summed E-state index contributed by atoms with van der Waals surface area (Å²) in [5.74, 6) is 0.532. The monoisotopic (exact) mass is 208 g/mol. The van der Waals surface area contributed by atoms with Gasteiger partial charge in [-0.2, -0.15) is 0 Å². The van der Waals surface area contributed by atoms with Gasteiger partial charge in [0.25, 0.3) is 0 Å². The molecule has 82 valence electrons. The van der Waals surface area contributed by atoms with Crippen LogP contribution in [0.25, 0.3) is 0 Å². The van der Waals surface area contributed by atoms with E-state index in [-0.39, 0.29) is 18.6 Å². The van der Waals surface area contributed by atoms with Gasteiger partial charge in [-0.1, -0.05) is 13.0 Å². The second-order valence-electron chi connectivity index (χ2n) is 4.47. The number of hydrogen-bond donors (Lipinski definition) is 0. The van der Waals surface area contributed by atoms with Crippen molar-refractivity contribution in [3.63, 3.8) is 0 Å². The first-order valence-electron chi connectivity index (χ1n) is 5.40. The average molecular weight is 208 g/mol. The second kappa shape index (κ2) is 4.27. The van der Waals surface area contributed by atoms with E-state index in [0.29, 0.717) is 5.92 Å². The van der Waals surface area contributed by atoms with Gasteiger partial charge in [-0.25, -0.2) is 0 Å². The molecule has 15 heavy (non-hydrogen) atoms. The quantitative estimate of drug-likeness (QED) is 0.741. The summed E-state index contributed by atoms with van der Waals surface area (Å²) in [6.07, 6.45) is 3.61. The van der Waals surface area contributed by atoms with E-state index in [0.717, 1.165) is 12.1 Å². The fourth-order valence-electron chi connectivity index (χ4n) is 2.63. The molecule has 0 saturated carbocycles. The zero-order chi connectivity index (χ0) is 10.8. The van der Waals surface area contributed by atoms with Crippen molar-refractivity contribution in [1.29, 1.82) is 0 Å². The lowest BCUT2D eigenvalue weighted by Gasteiger charge is -2.23. The summed E-state index contributed by atoms with van der Waals surface area (Å²) >= 11 is 0. The lowest BCUT2D eigenvalue weighted by atomic mass is 9.90.